The summed E-state index contributed by atoms with van der Waals surface area (Å²) in [4.78, 5) is 43.4. The van der Waals surface area contributed by atoms with E-state index in [9.17, 15) is 39.9 Å². The fourth-order valence-electron chi connectivity index (χ4n) is 12.3. The van der Waals surface area contributed by atoms with Crippen molar-refractivity contribution in [2.45, 2.75) is 205 Å². The molecule has 0 spiro atoms. The van der Waals surface area contributed by atoms with Crippen LogP contribution in [0, 0.1) is 17.8 Å². The second-order valence-corrected chi connectivity index (χ2v) is 23.0. The fraction of sp³-hybridized carbons (Fsp3) is 0.768. The van der Waals surface area contributed by atoms with Crippen molar-refractivity contribution >= 4 is 28.9 Å². The van der Waals surface area contributed by atoms with Crippen LogP contribution < -0.4 is 5.43 Å². The van der Waals surface area contributed by atoms with Crippen LogP contribution >= 0.6 is 0 Å². The molecular weight excluding hydrogens is 971 g/mol. The molecule has 0 aliphatic carbocycles. The maximum Gasteiger partial charge on any atom is 0.341 e. The number of aromatic carboxylic acids is 1. The van der Waals surface area contributed by atoms with E-state index in [1.165, 1.54) is 13.1 Å². The summed E-state index contributed by atoms with van der Waals surface area (Å²) in [5, 5.41) is 58.2. The van der Waals surface area contributed by atoms with Crippen LogP contribution in [-0.4, -0.2) is 197 Å². The number of esters is 1. The first-order chi connectivity index (χ1) is 35.1. The molecule has 4 aliphatic rings. The van der Waals surface area contributed by atoms with Gasteiger partial charge in [0.05, 0.1) is 66.9 Å². The molecule has 19 nitrogen and oxygen atoms in total. The first-order valence-corrected chi connectivity index (χ1v) is 27.0. The molecule has 3 fully saturated rings. The van der Waals surface area contributed by atoms with Gasteiger partial charge < -0.3 is 77.8 Å². The summed E-state index contributed by atoms with van der Waals surface area (Å²) in [5.41, 5.74) is -2.60. The highest BCUT2D eigenvalue weighted by Gasteiger charge is 2.53. The third-order valence-corrected chi connectivity index (χ3v) is 16.6. The van der Waals surface area contributed by atoms with E-state index in [0.717, 1.165) is 29.5 Å². The standard InChI is InChI=1S/C56H89N3O16/c1-15-42-56(10,67)48(62)35(6)58(13)29-31(2)27-54(8,66)49(75-53-46(61)41(57(11)12)24-32(3)71-53)33(4)47(34(5)52(65)73-42)74-43-28-55(9,68-14)50(36(7)72-43)70-23-22-69-21-17-18-37-25-38-19-16-20-59-30-40(51(63)64)45(60)39(26-37)44(38)59/h17-18,25-26,30-36,41-43,46-50,53,61-62,66-67H,15-16,19-24,27-29H2,1-14H3,(H,63,64)/t31-,32-,33+,34-,35-,36+,41+,42-,43?,46-,47+,48+,49-,50+,53+,54-,55-,56-/m1/s1. The van der Waals surface area contributed by atoms with Crippen LogP contribution in [-0.2, 0) is 55.7 Å². The Morgan fingerprint density at radius 1 is 0.973 bits per heavy atom. The van der Waals surface area contributed by atoms with Gasteiger partial charge in [-0.1, -0.05) is 32.9 Å². The van der Waals surface area contributed by atoms with Crippen LogP contribution in [0.4, 0.5) is 0 Å². The highest BCUT2D eigenvalue weighted by atomic mass is 16.7. The van der Waals surface area contributed by atoms with Gasteiger partial charge in [0.2, 0.25) is 5.43 Å². The Balaban J connectivity index is 1.21. The average Bonchev–Trinajstić information content (AvgIpc) is 3.34. The predicted octanol–water partition coefficient (Wildman–Crippen LogP) is 4.61. The zero-order valence-corrected chi connectivity index (χ0v) is 46.9. The Kier molecular flexibility index (Phi) is 20.4. The Bertz CT molecular complexity index is 2340. The number of benzene rings is 1. The number of likely N-dealkylation sites (N-methyl/N-ethyl adjacent to an activating group) is 2. The van der Waals surface area contributed by atoms with Gasteiger partial charge in [0.15, 0.2) is 12.6 Å². The Hall–Kier alpha value is -3.41. The average molecular weight is 1060 g/mol. The third-order valence-electron chi connectivity index (χ3n) is 16.6. The molecule has 75 heavy (non-hydrogen) atoms. The molecule has 5 N–H and O–H groups in total. The molecule has 2 aromatic rings. The zero-order valence-electron chi connectivity index (χ0n) is 46.9. The number of carboxylic acids is 1. The quantitative estimate of drug-likeness (QED) is 0.121. The monoisotopic (exact) mass is 1060 g/mol. The number of hydrogen-bond acceptors (Lipinski definition) is 17. The number of nitrogens with zero attached hydrogens (tertiary/aromatic N) is 3. The second-order valence-electron chi connectivity index (χ2n) is 23.0. The van der Waals surface area contributed by atoms with Crippen molar-refractivity contribution in [3.63, 3.8) is 0 Å². The molecule has 5 heterocycles. The maximum absolute atomic E-state index is 14.6. The minimum Gasteiger partial charge on any atom is -0.477 e. The van der Waals surface area contributed by atoms with Crippen molar-refractivity contribution in [3.05, 3.63) is 51.3 Å². The van der Waals surface area contributed by atoms with Crippen LogP contribution in [0.3, 0.4) is 0 Å². The molecule has 18 atom stereocenters. The molecule has 0 amide bonds. The summed E-state index contributed by atoms with van der Waals surface area (Å²) in [6.07, 6.45) is -1.37. The number of carboxylic acid groups (broad SMARTS) is 1. The van der Waals surface area contributed by atoms with Gasteiger partial charge in [-0.05, 0) is 131 Å². The predicted molar refractivity (Wildman–Crippen MR) is 281 cm³/mol. The summed E-state index contributed by atoms with van der Waals surface area (Å²) < 4.78 is 53.2. The number of aryl methyl sites for hydroxylation is 2. The maximum atomic E-state index is 14.6. The fourth-order valence-corrected chi connectivity index (χ4v) is 12.3. The van der Waals surface area contributed by atoms with Crippen molar-refractivity contribution in [1.82, 2.24) is 14.4 Å². The molecule has 0 bridgehead atoms. The lowest BCUT2D eigenvalue weighted by Gasteiger charge is -2.49. The van der Waals surface area contributed by atoms with Crippen molar-refractivity contribution in [2.24, 2.45) is 17.8 Å². The molecule has 0 radical (unpaired) electrons. The van der Waals surface area contributed by atoms with Gasteiger partial charge in [-0.3, -0.25) is 9.59 Å². The first kappa shape index (κ1) is 60.8. The van der Waals surface area contributed by atoms with E-state index in [0.29, 0.717) is 24.9 Å². The molecule has 1 unspecified atom stereocenters. The number of aliphatic hydroxyl groups is 4. The van der Waals surface area contributed by atoms with Crippen LogP contribution in [0.15, 0.2) is 29.2 Å². The van der Waals surface area contributed by atoms with Crippen LogP contribution in [0.5, 0.6) is 0 Å². The van der Waals surface area contributed by atoms with E-state index in [1.54, 1.807) is 40.9 Å². The zero-order chi connectivity index (χ0) is 55.5. The highest BCUT2D eigenvalue weighted by Crippen LogP contribution is 2.41. The Labute approximate surface area is 443 Å². The van der Waals surface area contributed by atoms with E-state index in [4.69, 9.17) is 37.9 Å². The van der Waals surface area contributed by atoms with E-state index in [-0.39, 0.29) is 62.7 Å². The minimum atomic E-state index is -1.84. The van der Waals surface area contributed by atoms with Crippen LogP contribution in [0.1, 0.15) is 123 Å². The topological polar surface area (TPSA) is 238 Å². The van der Waals surface area contributed by atoms with Gasteiger partial charge in [-0.25, -0.2) is 4.79 Å². The number of carbonyl (C=O) groups is 2. The number of hydrogen-bond donors (Lipinski definition) is 5. The Morgan fingerprint density at radius 3 is 2.33 bits per heavy atom. The second kappa shape index (κ2) is 25.1. The number of cyclic esters (lactones) is 1. The minimum absolute atomic E-state index is 0.161. The van der Waals surface area contributed by atoms with Gasteiger partial charge in [0.1, 0.15) is 35.6 Å². The molecule has 1 aromatic heterocycles. The summed E-state index contributed by atoms with van der Waals surface area (Å²) in [7, 11) is 7.19. The largest absolute Gasteiger partial charge is 0.477 e. The van der Waals surface area contributed by atoms with E-state index >= 15 is 0 Å². The summed E-state index contributed by atoms with van der Waals surface area (Å²) in [5.74, 6) is -3.98. The van der Waals surface area contributed by atoms with Crippen molar-refractivity contribution in [1.29, 1.82) is 0 Å². The number of methoxy groups -OCH3 is 1. The lowest BCUT2D eigenvalue weighted by Crippen LogP contribution is -2.61. The van der Waals surface area contributed by atoms with Gasteiger partial charge in [0.25, 0.3) is 0 Å². The van der Waals surface area contributed by atoms with Gasteiger partial charge in [0, 0.05) is 56.2 Å². The van der Waals surface area contributed by atoms with E-state index < -0.39 is 107 Å². The first-order valence-electron chi connectivity index (χ1n) is 27.0. The van der Waals surface area contributed by atoms with E-state index in [2.05, 4.69) is 0 Å². The van der Waals surface area contributed by atoms with Crippen molar-refractivity contribution in [3.8, 4) is 0 Å². The molecule has 3 saturated heterocycles. The van der Waals surface area contributed by atoms with Gasteiger partial charge in [-0.2, -0.15) is 0 Å². The number of ether oxygens (including phenoxy) is 8. The molecule has 424 valence electrons. The number of aromatic nitrogens is 1. The molecular formula is C56H89N3O16. The summed E-state index contributed by atoms with van der Waals surface area (Å²) >= 11 is 0. The Morgan fingerprint density at radius 2 is 1.68 bits per heavy atom. The normalized spacial score (nSPS) is 38.9. The summed E-state index contributed by atoms with van der Waals surface area (Å²) in [6, 6.07) is 2.88. The van der Waals surface area contributed by atoms with Gasteiger partial charge in [-0.15, -0.1) is 0 Å². The number of rotatable bonds is 15. The molecule has 19 heteroatoms. The SMILES string of the molecule is CC[C@H]1OC(=O)[C@H](C)[C@@H](OC2C[C@@](C)(OC)[C@@H](OCCOCC=Cc3cc4c5c(c3)c(=O)c(C(=O)O)cn5CCC4)[C@H](C)O2)[C@H](C)[C@@H](O[C@@H]2O[C@H](C)C[C@H](N(C)C)[C@H]2O)[C@](C)(O)C[C@@H](C)CN(C)[C@H](C)[C@H](O)[C@]1(C)O. The molecule has 4 aliphatic heterocycles. The molecule has 0 saturated carbocycles. The van der Waals surface area contributed by atoms with Crippen molar-refractivity contribution in [2.75, 3.05) is 54.6 Å². The number of carbonyl (C=O) groups excluding carboxylic acids is 1. The number of pyridine rings is 1. The lowest BCUT2D eigenvalue weighted by atomic mass is 9.77. The smallest absolute Gasteiger partial charge is 0.341 e. The number of aliphatic hydroxyl groups excluding tert-OH is 2. The molecule has 6 rings (SSSR count). The highest BCUT2D eigenvalue weighted by molar-refractivity contribution is 5.94. The van der Waals surface area contributed by atoms with Gasteiger partial charge >= 0.3 is 11.9 Å². The van der Waals surface area contributed by atoms with Crippen molar-refractivity contribution < 1.29 is 73.0 Å². The lowest BCUT2D eigenvalue weighted by molar-refractivity contribution is -0.321. The third kappa shape index (κ3) is 13.7. The molecule has 1 aromatic carbocycles. The van der Waals surface area contributed by atoms with Crippen LogP contribution in [0.2, 0.25) is 0 Å². The summed E-state index contributed by atoms with van der Waals surface area (Å²) in [6.45, 7) is 19.6. The van der Waals surface area contributed by atoms with E-state index in [1.807, 2.05) is 88.3 Å². The van der Waals surface area contributed by atoms with Crippen LogP contribution in [0.25, 0.3) is 17.0 Å².